The third-order valence-corrected chi connectivity index (χ3v) is 3.46. The van der Waals surface area contributed by atoms with Crippen molar-refractivity contribution in [1.29, 1.82) is 0 Å². The van der Waals surface area contributed by atoms with Gasteiger partial charge in [-0.2, -0.15) is 0 Å². The van der Waals surface area contributed by atoms with Crippen LogP contribution in [0.2, 0.25) is 0 Å². The van der Waals surface area contributed by atoms with Crippen molar-refractivity contribution in [2.75, 3.05) is 33.3 Å². The lowest BCUT2D eigenvalue weighted by molar-refractivity contribution is 0.0510. The van der Waals surface area contributed by atoms with Gasteiger partial charge < -0.3 is 19.3 Å². The Labute approximate surface area is 107 Å². The normalized spacial score (nSPS) is 17.9. The fourth-order valence-electron chi connectivity index (χ4n) is 2.41. The SMILES string of the molecule is CN1CCC(N(CCO)C(=O)c2ccco2)CC1. The van der Waals surface area contributed by atoms with Crippen molar-refractivity contribution in [2.45, 2.75) is 18.9 Å². The molecule has 1 aliphatic heterocycles. The molecule has 5 heteroatoms. The van der Waals surface area contributed by atoms with E-state index in [2.05, 4.69) is 11.9 Å². The maximum Gasteiger partial charge on any atom is 0.289 e. The molecule has 1 amide bonds. The summed E-state index contributed by atoms with van der Waals surface area (Å²) in [5, 5.41) is 9.13. The standard InChI is InChI=1S/C13H20N2O3/c1-14-6-4-11(5-7-14)15(8-9-16)13(17)12-3-2-10-18-12/h2-3,10-11,16H,4-9H2,1H3. The zero-order chi connectivity index (χ0) is 13.0. The number of amides is 1. The molecule has 1 fully saturated rings. The van der Waals surface area contributed by atoms with Crippen LogP contribution in [0.15, 0.2) is 22.8 Å². The lowest BCUT2D eigenvalue weighted by Crippen LogP contribution is -2.47. The first-order valence-corrected chi connectivity index (χ1v) is 6.36. The first-order valence-electron chi connectivity index (χ1n) is 6.36. The van der Waals surface area contributed by atoms with E-state index in [-0.39, 0.29) is 18.6 Å². The van der Waals surface area contributed by atoms with Crippen LogP contribution in [-0.4, -0.2) is 60.1 Å². The highest BCUT2D eigenvalue weighted by molar-refractivity contribution is 5.91. The van der Waals surface area contributed by atoms with Crippen molar-refractivity contribution in [3.05, 3.63) is 24.2 Å². The van der Waals surface area contributed by atoms with E-state index in [1.807, 2.05) is 0 Å². The summed E-state index contributed by atoms with van der Waals surface area (Å²) in [7, 11) is 2.08. The largest absolute Gasteiger partial charge is 0.459 e. The molecule has 2 heterocycles. The zero-order valence-electron chi connectivity index (χ0n) is 10.7. The maximum atomic E-state index is 12.3. The van der Waals surface area contributed by atoms with E-state index in [9.17, 15) is 4.79 Å². The zero-order valence-corrected chi connectivity index (χ0v) is 10.7. The van der Waals surface area contributed by atoms with Crippen molar-refractivity contribution in [2.24, 2.45) is 0 Å². The molecule has 0 aromatic carbocycles. The monoisotopic (exact) mass is 252 g/mol. The average molecular weight is 252 g/mol. The molecular formula is C13H20N2O3. The van der Waals surface area contributed by atoms with E-state index < -0.39 is 0 Å². The Kier molecular flexibility index (Phi) is 4.38. The van der Waals surface area contributed by atoms with Gasteiger partial charge >= 0.3 is 0 Å². The number of nitrogens with zero attached hydrogens (tertiary/aromatic N) is 2. The third-order valence-electron chi connectivity index (χ3n) is 3.46. The highest BCUT2D eigenvalue weighted by atomic mass is 16.3. The third kappa shape index (κ3) is 2.91. The summed E-state index contributed by atoms with van der Waals surface area (Å²) in [4.78, 5) is 16.3. The van der Waals surface area contributed by atoms with Gasteiger partial charge in [0, 0.05) is 12.6 Å². The molecule has 1 aromatic heterocycles. The van der Waals surface area contributed by atoms with Crippen molar-refractivity contribution < 1.29 is 14.3 Å². The molecular weight excluding hydrogens is 232 g/mol. The molecule has 100 valence electrons. The Balaban J connectivity index is 2.05. The predicted molar refractivity (Wildman–Crippen MR) is 67.3 cm³/mol. The fraction of sp³-hybridized carbons (Fsp3) is 0.615. The molecule has 5 nitrogen and oxygen atoms in total. The Hall–Kier alpha value is -1.33. The molecule has 1 aliphatic rings. The van der Waals surface area contributed by atoms with Crippen LogP contribution in [0, 0.1) is 0 Å². The van der Waals surface area contributed by atoms with Crippen LogP contribution in [0.3, 0.4) is 0 Å². The summed E-state index contributed by atoms with van der Waals surface area (Å²) in [5.41, 5.74) is 0. The minimum atomic E-state index is -0.122. The Bertz CT molecular complexity index is 370. The van der Waals surface area contributed by atoms with Crippen molar-refractivity contribution >= 4 is 5.91 Å². The molecule has 0 spiro atoms. The summed E-state index contributed by atoms with van der Waals surface area (Å²) in [6.45, 7) is 2.32. The second kappa shape index (κ2) is 6.02. The lowest BCUT2D eigenvalue weighted by Gasteiger charge is -2.36. The van der Waals surface area contributed by atoms with Crippen LogP contribution in [0.1, 0.15) is 23.4 Å². The number of rotatable bonds is 4. The van der Waals surface area contributed by atoms with E-state index in [1.165, 1.54) is 6.26 Å². The minimum absolute atomic E-state index is 0.0151. The molecule has 1 saturated heterocycles. The summed E-state index contributed by atoms with van der Waals surface area (Å²) in [5.74, 6) is 0.228. The minimum Gasteiger partial charge on any atom is -0.459 e. The van der Waals surface area contributed by atoms with E-state index in [1.54, 1.807) is 17.0 Å². The van der Waals surface area contributed by atoms with Gasteiger partial charge in [-0.15, -0.1) is 0 Å². The molecule has 2 rings (SSSR count). The first-order chi connectivity index (χ1) is 8.72. The van der Waals surface area contributed by atoms with Gasteiger partial charge in [-0.25, -0.2) is 0 Å². The number of carbonyl (C=O) groups excluding carboxylic acids is 1. The highest BCUT2D eigenvalue weighted by Crippen LogP contribution is 2.18. The topological polar surface area (TPSA) is 56.9 Å². The van der Waals surface area contributed by atoms with Crippen LogP contribution < -0.4 is 0 Å². The Morgan fingerprint density at radius 1 is 1.56 bits per heavy atom. The quantitative estimate of drug-likeness (QED) is 0.861. The van der Waals surface area contributed by atoms with Crippen LogP contribution in [0.5, 0.6) is 0 Å². The summed E-state index contributed by atoms with van der Waals surface area (Å²) >= 11 is 0. The number of furan rings is 1. The Morgan fingerprint density at radius 3 is 2.83 bits per heavy atom. The predicted octanol–water partition coefficient (Wildman–Crippen LogP) is 0.808. The number of aliphatic hydroxyl groups is 1. The fourth-order valence-corrected chi connectivity index (χ4v) is 2.41. The number of piperidine rings is 1. The molecule has 0 radical (unpaired) electrons. The molecule has 0 bridgehead atoms. The van der Waals surface area contributed by atoms with Gasteiger partial charge in [-0.1, -0.05) is 0 Å². The van der Waals surface area contributed by atoms with Crippen LogP contribution in [-0.2, 0) is 0 Å². The van der Waals surface area contributed by atoms with E-state index in [4.69, 9.17) is 9.52 Å². The van der Waals surface area contributed by atoms with Crippen molar-refractivity contribution in [3.63, 3.8) is 0 Å². The van der Waals surface area contributed by atoms with Crippen LogP contribution in [0.25, 0.3) is 0 Å². The first kappa shape index (κ1) is 13.1. The second-order valence-electron chi connectivity index (χ2n) is 4.73. The number of likely N-dealkylation sites (tertiary alicyclic amines) is 1. The molecule has 0 aliphatic carbocycles. The number of carbonyl (C=O) groups is 1. The average Bonchev–Trinajstić information content (AvgIpc) is 2.90. The lowest BCUT2D eigenvalue weighted by atomic mass is 10.0. The van der Waals surface area contributed by atoms with E-state index >= 15 is 0 Å². The molecule has 1 aromatic rings. The Morgan fingerprint density at radius 2 is 2.28 bits per heavy atom. The van der Waals surface area contributed by atoms with Gasteiger partial charge in [0.05, 0.1) is 12.9 Å². The van der Waals surface area contributed by atoms with Crippen molar-refractivity contribution in [3.8, 4) is 0 Å². The molecule has 0 unspecified atom stereocenters. The molecule has 0 atom stereocenters. The smallest absolute Gasteiger partial charge is 0.289 e. The molecule has 18 heavy (non-hydrogen) atoms. The van der Waals surface area contributed by atoms with Crippen LogP contribution in [0.4, 0.5) is 0 Å². The van der Waals surface area contributed by atoms with Gasteiger partial charge in [0.25, 0.3) is 5.91 Å². The van der Waals surface area contributed by atoms with Crippen molar-refractivity contribution in [1.82, 2.24) is 9.80 Å². The van der Waals surface area contributed by atoms with Gasteiger partial charge in [0.15, 0.2) is 5.76 Å². The number of aliphatic hydroxyl groups excluding tert-OH is 1. The van der Waals surface area contributed by atoms with Crippen LogP contribution >= 0.6 is 0 Å². The maximum absolute atomic E-state index is 12.3. The second-order valence-corrected chi connectivity index (χ2v) is 4.73. The molecule has 0 saturated carbocycles. The summed E-state index contributed by atoms with van der Waals surface area (Å²) in [6.07, 6.45) is 3.39. The number of hydrogen-bond donors (Lipinski definition) is 1. The highest BCUT2D eigenvalue weighted by Gasteiger charge is 2.28. The summed E-state index contributed by atoms with van der Waals surface area (Å²) < 4.78 is 5.15. The van der Waals surface area contributed by atoms with Gasteiger partial charge in [-0.05, 0) is 45.1 Å². The summed E-state index contributed by atoms with van der Waals surface area (Å²) in [6, 6.07) is 3.58. The van der Waals surface area contributed by atoms with E-state index in [0.29, 0.717) is 12.3 Å². The van der Waals surface area contributed by atoms with Gasteiger partial charge in [0.1, 0.15) is 0 Å². The van der Waals surface area contributed by atoms with Gasteiger partial charge in [-0.3, -0.25) is 4.79 Å². The van der Waals surface area contributed by atoms with Gasteiger partial charge in [0.2, 0.25) is 0 Å². The molecule has 1 N–H and O–H groups in total. The number of hydrogen-bond acceptors (Lipinski definition) is 4. The van der Waals surface area contributed by atoms with E-state index in [0.717, 1.165) is 25.9 Å².